The van der Waals surface area contributed by atoms with Crippen LogP contribution in [0.2, 0.25) is 0 Å². The van der Waals surface area contributed by atoms with Gasteiger partial charge in [-0.05, 0) is 67.6 Å². The van der Waals surface area contributed by atoms with Crippen LogP contribution in [0.4, 0.5) is 8.78 Å². The third kappa shape index (κ3) is 4.09. The molecule has 2 aromatic rings. The average molecular weight is 384 g/mol. The lowest BCUT2D eigenvalue weighted by molar-refractivity contribution is -0.132. The molecule has 2 fully saturated rings. The molecule has 28 heavy (non-hydrogen) atoms. The molecule has 2 saturated heterocycles. The molecule has 0 aliphatic carbocycles. The molecule has 2 aliphatic heterocycles. The van der Waals surface area contributed by atoms with E-state index in [0.717, 1.165) is 56.4 Å². The molecule has 0 radical (unpaired) electrons. The number of nitrogens with zero attached hydrogens (tertiary/aromatic N) is 2. The van der Waals surface area contributed by atoms with Crippen molar-refractivity contribution in [2.24, 2.45) is 0 Å². The number of carbonyl (C=O) groups is 1. The summed E-state index contributed by atoms with van der Waals surface area (Å²) in [5, 5.41) is 0. The molecule has 0 saturated carbocycles. The van der Waals surface area contributed by atoms with Gasteiger partial charge in [-0.15, -0.1) is 0 Å². The van der Waals surface area contributed by atoms with Crippen LogP contribution in [0.3, 0.4) is 0 Å². The van der Waals surface area contributed by atoms with Gasteiger partial charge in [-0.3, -0.25) is 9.69 Å². The second-order valence-electron chi connectivity index (χ2n) is 8.09. The van der Waals surface area contributed by atoms with Crippen molar-refractivity contribution in [3.05, 3.63) is 71.3 Å². The van der Waals surface area contributed by atoms with E-state index in [-0.39, 0.29) is 23.1 Å². The molecule has 1 amide bonds. The minimum Gasteiger partial charge on any atom is -0.333 e. The topological polar surface area (TPSA) is 23.6 Å². The molecule has 2 aliphatic rings. The number of benzene rings is 2. The molecule has 5 heteroatoms. The van der Waals surface area contributed by atoms with Gasteiger partial charge in [0, 0.05) is 31.6 Å². The van der Waals surface area contributed by atoms with Gasteiger partial charge < -0.3 is 4.90 Å². The number of rotatable bonds is 4. The van der Waals surface area contributed by atoms with Gasteiger partial charge >= 0.3 is 0 Å². The van der Waals surface area contributed by atoms with Crippen molar-refractivity contribution in [1.82, 2.24) is 9.80 Å². The zero-order valence-corrected chi connectivity index (χ0v) is 16.0. The Morgan fingerprint density at radius 2 is 1.68 bits per heavy atom. The molecular weight excluding hydrogens is 358 g/mol. The van der Waals surface area contributed by atoms with Crippen LogP contribution in [0, 0.1) is 11.6 Å². The second kappa shape index (κ2) is 8.00. The van der Waals surface area contributed by atoms with E-state index < -0.39 is 0 Å². The van der Waals surface area contributed by atoms with Crippen molar-refractivity contribution in [1.29, 1.82) is 0 Å². The molecule has 0 bridgehead atoms. The lowest BCUT2D eigenvalue weighted by Gasteiger charge is -2.38. The Hall–Kier alpha value is -2.27. The lowest BCUT2D eigenvalue weighted by Crippen LogP contribution is -2.45. The molecular formula is C23H26F2N2O. The maximum atomic E-state index is 13.6. The average Bonchev–Trinajstić information content (AvgIpc) is 2.85. The summed E-state index contributed by atoms with van der Waals surface area (Å²) in [6.07, 6.45) is 4.39. The fourth-order valence-corrected chi connectivity index (χ4v) is 4.71. The minimum absolute atomic E-state index is 0.124. The number of halogens is 2. The summed E-state index contributed by atoms with van der Waals surface area (Å²) in [7, 11) is 0. The number of likely N-dealkylation sites (tertiary alicyclic amines) is 2. The molecule has 1 atom stereocenters. The number of hydrogen-bond acceptors (Lipinski definition) is 2. The van der Waals surface area contributed by atoms with Crippen LogP contribution in [0.25, 0.3) is 0 Å². The minimum atomic E-state index is -0.260. The summed E-state index contributed by atoms with van der Waals surface area (Å²) < 4.78 is 26.7. The van der Waals surface area contributed by atoms with Crippen LogP contribution in [0.5, 0.6) is 0 Å². The van der Waals surface area contributed by atoms with Crippen molar-refractivity contribution in [2.45, 2.75) is 50.7 Å². The standard InChI is InChI=1S/C23H26F2N2O/c24-20-7-5-18(6-8-20)16-26-13-2-10-23(12-14-26)11-9-22(28)27(23)17-19-3-1-4-21(25)15-19/h1,3-8,15H,2,9-14,16-17H2. The van der Waals surface area contributed by atoms with Crippen LogP contribution in [-0.2, 0) is 17.9 Å². The molecule has 2 heterocycles. The molecule has 3 nitrogen and oxygen atoms in total. The Morgan fingerprint density at radius 1 is 0.857 bits per heavy atom. The first-order valence-electron chi connectivity index (χ1n) is 10.1. The number of hydrogen-bond donors (Lipinski definition) is 0. The second-order valence-corrected chi connectivity index (χ2v) is 8.09. The van der Waals surface area contributed by atoms with Crippen molar-refractivity contribution in [2.75, 3.05) is 13.1 Å². The van der Waals surface area contributed by atoms with Crippen molar-refractivity contribution in [3.8, 4) is 0 Å². The predicted octanol–water partition coefficient (Wildman–Crippen LogP) is 4.51. The van der Waals surface area contributed by atoms with E-state index >= 15 is 0 Å². The third-order valence-electron chi connectivity index (χ3n) is 6.24. The fourth-order valence-electron chi connectivity index (χ4n) is 4.71. The third-order valence-corrected chi connectivity index (χ3v) is 6.24. The Balaban J connectivity index is 1.46. The maximum Gasteiger partial charge on any atom is 0.223 e. The van der Waals surface area contributed by atoms with E-state index in [0.29, 0.717) is 13.0 Å². The highest BCUT2D eigenvalue weighted by Crippen LogP contribution is 2.40. The number of amides is 1. The van der Waals surface area contributed by atoms with Crippen LogP contribution in [0.1, 0.15) is 43.2 Å². The smallest absolute Gasteiger partial charge is 0.223 e. The Kier molecular flexibility index (Phi) is 5.44. The molecule has 4 rings (SSSR count). The molecule has 0 N–H and O–H groups in total. The molecule has 0 aromatic heterocycles. The maximum absolute atomic E-state index is 13.6. The van der Waals surface area contributed by atoms with Gasteiger partial charge in [0.05, 0.1) is 0 Å². The normalized spacial score (nSPS) is 23.4. The highest BCUT2D eigenvalue weighted by Gasteiger charge is 2.45. The fraction of sp³-hybridized carbons (Fsp3) is 0.435. The van der Waals surface area contributed by atoms with Gasteiger partial charge in [-0.25, -0.2) is 8.78 Å². The van der Waals surface area contributed by atoms with Gasteiger partial charge in [-0.2, -0.15) is 0 Å². The van der Waals surface area contributed by atoms with Crippen molar-refractivity contribution in [3.63, 3.8) is 0 Å². The molecule has 1 unspecified atom stereocenters. The predicted molar refractivity (Wildman–Crippen MR) is 104 cm³/mol. The van der Waals surface area contributed by atoms with Crippen LogP contribution in [-0.4, -0.2) is 34.3 Å². The summed E-state index contributed by atoms with van der Waals surface area (Å²) in [4.78, 5) is 17.0. The largest absolute Gasteiger partial charge is 0.333 e. The zero-order chi connectivity index (χ0) is 19.6. The van der Waals surface area contributed by atoms with Crippen LogP contribution >= 0.6 is 0 Å². The SMILES string of the molecule is O=C1CCC2(CCCN(Cc3ccc(F)cc3)CC2)N1Cc1cccc(F)c1. The summed E-state index contributed by atoms with van der Waals surface area (Å²) in [6, 6.07) is 13.2. The van der Waals surface area contributed by atoms with Crippen LogP contribution < -0.4 is 0 Å². The summed E-state index contributed by atoms with van der Waals surface area (Å²) >= 11 is 0. The van der Waals surface area contributed by atoms with Gasteiger partial charge in [0.1, 0.15) is 11.6 Å². The highest BCUT2D eigenvalue weighted by molar-refractivity contribution is 5.79. The van der Waals surface area contributed by atoms with E-state index in [1.807, 2.05) is 23.1 Å². The summed E-state index contributed by atoms with van der Waals surface area (Å²) in [5.74, 6) is -0.295. The van der Waals surface area contributed by atoms with Gasteiger partial charge in [0.25, 0.3) is 0 Å². The highest BCUT2D eigenvalue weighted by atomic mass is 19.1. The van der Waals surface area contributed by atoms with E-state index in [2.05, 4.69) is 4.90 Å². The van der Waals surface area contributed by atoms with Crippen LogP contribution in [0.15, 0.2) is 48.5 Å². The number of carbonyl (C=O) groups excluding carboxylic acids is 1. The van der Waals surface area contributed by atoms with Gasteiger partial charge in [0.15, 0.2) is 0 Å². The van der Waals surface area contributed by atoms with E-state index in [1.165, 1.54) is 24.3 Å². The molecule has 2 aromatic carbocycles. The van der Waals surface area contributed by atoms with Gasteiger partial charge in [0.2, 0.25) is 5.91 Å². The first-order chi connectivity index (χ1) is 13.5. The van der Waals surface area contributed by atoms with E-state index in [4.69, 9.17) is 0 Å². The van der Waals surface area contributed by atoms with Crippen molar-refractivity contribution < 1.29 is 13.6 Å². The lowest BCUT2D eigenvalue weighted by atomic mass is 9.87. The Bertz CT molecular complexity index is 839. The quantitative estimate of drug-likeness (QED) is 0.774. The van der Waals surface area contributed by atoms with E-state index in [1.54, 1.807) is 6.07 Å². The molecule has 148 valence electrons. The monoisotopic (exact) mass is 384 g/mol. The Labute approximate surface area is 165 Å². The van der Waals surface area contributed by atoms with Crippen molar-refractivity contribution >= 4 is 5.91 Å². The summed E-state index contributed by atoms with van der Waals surface area (Å²) in [5.41, 5.74) is 1.83. The zero-order valence-electron chi connectivity index (χ0n) is 16.0. The summed E-state index contributed by atoms with van der Waals surface area (Å²) in [6.45, 7) is 3.16. The van der Waals surface area contributed by atoms with E-state index in [9.17, 15) is 13.6 Å². The molecule has 1 spiro atoms. The Morgan fingerprint density at radius 3 is 2.46 bits per heavy atom. The first kappa shape index (κ1) is 19.1. The first-order valence-corrected chi connectivity index (χ1v) is 10.1. The van der Waals surface area contributed by atoms with Gasteiger partial charge in [-0.1, -0.05) is 24.3 Å².